The van der Waals surface area contributed by atoms with Crippen molar-refractivity contribution in [2.75, 3.05) is 13.2 Å². The number of carboxylic acids is 1. The summed E-state index contributed by atoms with van der Waals surface area (Å²) in [6.45, 7) is -0.124. The lowest BCUT2D eigenvalue weighted by atomic mass is 9.99. The molecule has 1 unspecified atom stereocenters. The number of nitrogens with one attached hydrogen (secondary N) is 1. The van der Waals surface area contributed by atoms with Crippen molar-refractivity contribution in [2.24, 2.45) is 0 Å². The third kappa shape index (κ3) is 4.63. The zero-order valence-electron chi connectivity index (χ0n) is 11.9. The zero-order valence-corrected chi connectivity index (χ0v) is 11.9. The molecule has 0 fully saturated rings. The number of carbonyl (C=O) groups is 2. The monoisotopic (exact) mass is 299 g/mol. The van der Waals surface area contributed by atoms with Gasteiger partial charge in [-0.2, -0.15) is 0 Å². The van der Waals surface area contributed by atoms with Crippen LogP contribution in [0.3, 0.4) is 0 Å². The number of hydrogen-bond acceptors (Lipinski definition) is 3. The first kappa shape index (κ1) is 15.6. The molecule has 0 heterocycles. The first-order valence-electron chi connectivity index (χ1n) is 6.89. The minimum Gasteiger partial charge on any atom is -0.484 e. The van der Waals surface area contributed by atoms with Crippen molar-refractivity contribution >= 4 is 11.9 Å². The molecule has 0 spiro atoms. The minimum absolute atomic E-state index is 0.0241. The summed E-state index contributed by atoms with van der Waals surface area (Å²) < 4.78 is 5.31. The van der Waals surface area contributed by atoms with Crippen LogP contribution in [0.4, 0.5) is 0 Å². The highest BCUT2D eigenvalue weighted by molar-refractivity contribution is 5.80. The number of benzene rings is 2. The topological polar surface area (TPSA) is 75.6 Å². The second kappa shape index (κ2) is 7.83. The van der Waals surface area contributed by atoms with Crippen LogP contribution in [0.15, 0.2) is 60.7 Å². The second-order valence-electron chi connectivity index (χ2n) is 4.71. The molecule has 2 aromatic carbocycles. The molecule has 2 rings (SSSR count). The fourth-order valence-electron chi connectivity index (χ4n) is 1.97. The first-order valence-corrected chi connectivity index (χ1v) is 6.89. The van der Waals surface area contributed by atoms with Crippen molar-refractivity contribution in [3.63, 3.8) is 0 Å². The third-order valence-corrected chi connectivity index (χ3v) is 3.12. The van der Waals surface area contributed by atoms with Gasteiger partial charge in [-0.3, -0.25) is 9.59 Å². The van der Waals surface area contributed by atoms with Crippen molar-refractivity contribution in [1.29, 1.82) is 0 Å². The molecule has 114 valence electrons. The molecule has 0 saturated heterocycles. The highest BCUT2D eigenvalue weighted by atomic mass is 16.5. The van der Waals surface area contributed by atoms with Gasteiger partial charge >= 0.3 is 5.97 Å². The molecular formula is C17H17NO4. The zero-order chi connectivity index (χ0) is 15.8. The number of hydrogen-bond donors (Lipinski definition) is 2. The molecule has 0 bridgehead atoms. The number of amides is 1. The number of aliphatic carboxylic acids is 1. The maximum atomic E-state index is 11.7. The average molecular weight is 299 g/mol. The Morgan fingerprint density at radius 3 is 2.18 bits per heavy atom. The molecule has 0 aliphatic carbocycles. The van der Waals surface area contributed by atoms with Gasteiger partial charge in [0, 0.05) is 6.54 Å². The average Bonchev–Trinajstić information content (AvgIpc) is 2.55. The van der Waals surface area contributed by atoms with E-state index in [2.05, 4.69) is 5.32 Å². The Morgan fingerprint density at radius 2 is 1.59 bits per heavy atom. The van der Waals surface area contributed by atoms with E-state index in [9.17, 15) is 14.7 Å². The van der Waals surface area contributed by atoms with E-state index in [1.165, 1.54) is 0 Å². The van der Waals surface area contributed by atoms with Crippen LogP contribution in [0.5, 0.6) is 5.75 Å². The van der Waals surface area contributed by atoms with E-state index >= 15 is 0 Å². The first-order chi connectivity index (χ1) is 10.7. The standard InChI is InChI=1S/C17H17NO4/c19-16(12-22-14-9-5-2-6-10-14)18-11-15(17(20)21)13-7-3-1-4-8-13/h1-10,15H,11-12H2,(H,18,19)(H,20,21). The normalized spacial score (nSPS) is 11.5. The summed E-state index contributed by atoms with van der Waals surface area (Å²) in [5.74, 6) is -1.51. The predicted octanol–water partition coefficient (Wildman–Crippen LogP) is 2.05. The number of carbonyl (C=O) groups excluding carboxylic acids is 1. The lowest BCUT2D eigenvalue weighted by Crippen LogP contribution is -2.34. The van der Waals surface area contributed by atoms with Crippen LogP contribution in [-0.2, 0) is 9.59 Å². The molecule has 2 aromatic rings. The van der Waals surface area contributed by atoms with Crippen molar-refractivity contribution in [2.45, 2.75) is 5.92 Å². The summed E-state index contributed by atoms with van der Waals surface area (Å²) in [4.78, 5) is 23.1. The fourth-order valence-corrected chi connectivity index (χ4v) is 1.97. The summed E-state index contributed by atoms with van der Waals surface area (Å²) in [5.41, 5.74) is 0.652. The van der Waals surface area contributed by atoms with Crippen LogP contribution < -0.4 is 10.1 Å². The fraction of sp³-hybridized carbons (Fsp3) is 0.176. The summed E-state index contributed by atoms with van der Waals surface area (Å²) in [6, 6.07) is 17.8. The van der Waals surface area contributed by atoms with Crippen LogP contribution in [0, 0.1) is 0 Å². The lowest BCUT2D eigenvalue weighted by molar-refractivity contribution is -0.138. The Bertz CT molecular complexity index is 613. The molecule has 0 aliphatic rings. The van der Waals surface area contributed by atoms with Gasteiger partial charge in [-0.1, -0.05) is 48.5 Å². The van der Waals surface area contributed by atoms with Gasteiger partial charge in [-0.05, 0) is 17.7 Å². The Hall–Kier alpha value is -2.82. The Labute approximate surface area is 128 Å². The largest absolute Gasteiger partial charge is 0.484 e. The van der Waals surface area contributed by atoms with Crippen LogP contribution in [-0.4, -0.2) is 30.1 Å². The van der Waals surface area contributed by atoms with E-state index in [1.807, 2.05) is 24.3 Å². The van der Waals surface area contributed by atoms with Gasteiger partial charge < -0.3 is 15.2 Å². The van der Waals surface area contributed by atoms with E-state index in [0.717, 1.165) is 0 Å². The van der Waals surface area contributed by atoms with E-state index in [-0.39, 0.29) is 19.1 Å². The van der Waals surface area contributed by atoms with Gasteiger partial charge in [0.1, 0.15) is 5.75 Å². The van der Waals surface area contributed by atoms with Gasteiger partial charge in [-0.25, -0.2) is 0 Å². The van der Waals surface area contributed by atoms with Gasteiger partial charge in [0.2, 0.25) is 0 Å². The number of ether oxygens (including phenoxy) is 1. The maximum Gasteiger partial charge on any atom is 0.312 e. The molecule has 0 aliphatic heterocycles. The van der Waals surface area contributed by atoms with Crippen LogP contribution >= 0.6 is 0 Å². The number of carboxylic acid groups (broad SMARTS) is 1. The summed E-state index contributed by atoms with van der Waals surface area (Å²) >= 11 is 0. The molecule has 5 heteroatoms. The molecule has 2 N–H and O–H groups in total. The molecular weight excluding hydrogens is 282 g/mol. The van der Waals surface area contributed by atoms with E-state index < -0.39 is 11.9 Å². The highest BCUT2D eigenvalue weighted by Gasteiger charge is 2.20. The van der Waals surface area contributed by atoms with E-state index in [1.54, 1.807) is 36.4 Å². The van der Waals surface area contributed by atoms with Gasteiger partial charge in [0.25, 0.3) is 5.91 Å². The van der Waals surface area contributed by atoms with E-state index in [0.29, 0.717) is 11.3 Å². The molecule has 5 nitrogen and oxygen atoms in total. The predicted molar refractivity (Wildman–Crippen MR) is 81.8 cm³/mol. The molecule has 0 radical (unpaired) electrons. The lowest BCUT2D eigenvalue weighted by Gasteiger charge is -2.14. The SMILES string of the molecule is O=C(COc1ccccc1)NCC(C(=O)O)c1ccccc1. The Morgan fingerprint density at radius 1 is 1.00 bits per heavy atom. The number of para-hydroxylation sites is 1. The van der Waals surface area contributed by atoms with Crippen molar-refractivity contribution < 1.29 is 19.4 Å². The smallest absolute Gasteiger partial charge is 0.312 e. The second-order valence-corrected chi connectivity index (χ2v) is 4.71. The van der Waals surface area contributed by atoms with Gasteiger partial charge in [-0.15, -0.1) is 0 Å². The maximum absolute atomic E-state index is 11.7. The third-order valence-electron chi connectivity index (χ3n) is 3.12. The minimum atomic E-state index is -0.976. The molecule has 0 saturated carbocycles. The summed E-state index contributed by atoms with van der Waals surface area (Å²) in [5, 5.41) is 11.9. The van der Waals surface area contributed by atoms with Crippen molar-refractivity contribution in [3.8, 4) is 5.75 Å². The van der Waals surface area contributed by atoms with Gasteiger partial charge in [0.15, 0.2) is 6.61 Å². The van der Waals surface area contributed by atoms with Gasteiger partial charge in [0.05, 0.1) is 5.92 Å². The van der Waals surface area contributed by atoms with Crippen molar-refractivity contribution in [1.82, 2.24) is 5.32 Å². The Kier molecular flexibility index (Phi) is 5.54. The Balaban J connectivity index is 1.85. The molecule has 1 amide bonds. The van der Waals surface area contributed by atoms with Crippen molar-refractivity contribution in [3.05, 3.63) is 66.2 Å². The quantitative estimate of drug-likeness (QED) is 0.820. The van der Waals surface area contributed by atoms with Crippen LogP contribution in [0.1, 0.15) is 11.5 Å². The summed E-state index contributed by atoms with van der Waals surface area (Å²) in [6.07, 6.45) is 0. The summed E-state index contributed by atoms with van der Waals surface area (Å²) in [7, 11) is 0. The van der Waals surface area contributed by atoms with Crippen LogP contribution in [0.25, 0.3) is 0 Å². The molecule has 0 aromatic heterocycles. The molecule has 22 heavy (non-hydrogen) atoms. The van der Waals surface area contributed by atoms with Crippen LogP contribution in [0.2, 0.25) is 0 Å². The van der Waals surface area contributed by atoms with E-state index in [4.69, 9.17) is 4.74 Å². The highest BCUT2D eigenvalue weighted by Crippen LogP contribution is 2.14. The number of rotatable bonds is 7. The molecule has 1 atom stereocenters.